The number of rotatable bonds is 6. The van der Waals surface area contributed by atoms with Crippen molar-refractivity contribution in [3.8, 4) is 5.75 Å². The van der Waals surface area contributed by atoms with Crippen molar-refractivity contribution in [3.63, 3.8) is 0 Å². The third kappa shape index (κ3) is 9.34. The lowest BCUT2D eigenvalue weighted by atomic mass is 10.0. The van der Waals surface area contributed by atoms with E-state index in [1.54, 1.807) is 61.5 Å². The molecule has 0 radical (unpaired) electrons. The molecule has 0 fully saturated rings. The fourth-order valence-electron chi connectivity index (χ4n) is 2.14. The minimum atomic E-state index is -1.24. The third-order valence-corrected chi connectivity index (χ3v) is 4.48. The number of carbonyl (C=O) groups excluding carboxylic acids is 2. The molecular weight excluding hydrogens is 412 g/mol. The fraction of sp³-hybridized carbons (Fsp3) is 0.600. The van der Waals surface area contributed by atoms with Crippen LogP contribution in [-0.2, 0) is 14.3 Å². The van der Waals surface area contributed by atoms with Crippen molar-refractivity contribution in [3.05, 3.63) is 18.3 Å². The van der Waals surface area contributed by atoms with Gasteiger partial charge in [-0.15, -0.1) is 0 Å². The van der Waals surface area contributed by atoms with Gasteiger partial charge in [0.2, 0.25) is 0 Å². The SMILES string of the molecule is CC(C)(C)OC(=O)N[C@H](C(=O)O)C(C)(C)Sc1ccc(OC(=O)OC(C)(C)C)cn1. The van der Waals surface area contributed by atoms with Crippen LogP contribution >= 0.6 is 11.8 Å². The van der Waals surface area contributed by atoms with Gasteiger partial charge in [0, 0.05) is 4.75 Å². The Morgan fingerprint density at radius 2 is 1.57 bits per heavy atom. The predicted octanol–water partition coefficient (Wildman–Crippen LogP) is 4.24. The molecule has 1 rings (SSSR count). The van der Waals surface area contributed by atoms with Crippen molar-refractivity contribution >= 4 is 30.0 Å². The molecule has 0 aromatic carbocycles. The van der Waals surface area contributed by atoms with Gasteiger partial charge in [0.05, 0.1) is 11.2 Å². The number of nitrogens with one attached hydrogen (secondary N) is 1. The minimum Gasteiger partial charge on any atom is -0.480 e. The Morgan fingerprint density at radius 1 is 1.00 bits per heavy atom. The van der Waals surface area contributed by atoms with Crippen LogP contribution in [-0.4, -0.2) is 50.3 Å². The molecule has 0 saturated carbocycles. The number of carboxylic acid groups (broad SMARTS) is 1. The summed E-state index contributed by atoms with van der Waals surface area (Å²) in [6, 6.07) is 1.86. The average Bonchev–Trinajstić information content (AvgIpc) is 2.50. The predicted molar refractivity (Wildman–Crippen MR) is 112 cm³/mol. The zero-order chi connectivity index (χ0) is 23.3. The highest BCUT2D eigenvalue weighted by Gasteiger charge is 2.39. The number of aliphatic carboxylic acids is 1. The van der Waals surface area contributed by atoms with Crippen LogP contribution < -0.4 is 10.1 Å². The number of pyridine rings is 1. The quantitative estimate of drug-likeness (QED) is 0.491. The summed E-state index contributed by atoms with van der Waals surface area (Å²) >= 11 is 1.15. The van der Waals surface area contributed by atoms with E-state index in [-0.39, 0.29) is 5.75 Å². The zero-order valence-electron chi connectivity index (χ0n) is 18.6. The van der Waals surface area contributed by atoms with Gasteiger partial charge in [-0.25, -0.2) is 19.4 Å². The van der Waals surface area contributed by atoms with Crippen LogP contribution in [0.15, 0.2) is 23.4 Å². The van der Waals surface area contributed by atoms with Crippen molar-refractivity contribution in [2.75, 3.05) is 0 Å². The van der Waals surface area contributed by atoms with Gasteiger partial charge in [-0.3, -0.25) is 0 Å². The van der Waals surface area contributed by atoms with Crippen LogP contribution in [0, 0.1) is 0 Å². The molecule has 1 heterocycles. The molecule has 0 aliphatic rings. The first-order valence-electron chi connectivity index (χ1n) is 9.27. The Bertz CT molecular complexity index is 765. The highest BCUT2D eigenvalue weighted by atomic mass is 32.2. The van der Waals surface area contributed by atoms with Gasteiger partial charge >= 0.3 is 18.2 Å². The molecule has 168 valence electrons. The van der Waals surface area contributed by atoms with Crippen LogP contribution in [0.25, 0.3) is 0 Å². The number of nitrogens with zero attached hydrogens (tertiary/aromatic N) is 1. The number of hydrogen-bond acceptors (Lipinski definition) is 8. The van der Waals surface area contributed by atoms with E-state index in [9.17, 15) is 19.5 Å². The lowest BCUT2D eigenvalue weighted by Crippen LogP contribution is -2.53. The number of thioether (sulfide) groups is 1. The Morgan fingerprint density at radius 3 is 2.00 bits per heavy atom. The van der Waals surface area contributed by atoms with Gasteiger partial charge < -0.3 is 24.6 Å². The summed E-state index contributed by atoms with van der Waals surface area (Å²) in [5.41, 5.74) is -1.44. The summed E-state index contributed by atoms with van der Waals surface area (Å²) in [4.78, 5) is 39.7. The monoisotopic (exact) mass is 442 g/mol. The van der Waals surface area contributed by atoms with Crippen molar-refractivity contribution in [2.45, 2.75) is 82.4 Å². The van der Waals surface area contributed by atoms with E-state index < -0.39 is 40.2 Å². The molecule has 0 spiro atoms. The molecule has 1 aromatic heterocycles. The number of alkyl carbamates (subject to hydrolysis) is 1. The summed E-state index contributed by atoms with van der Waals surface area (Å²) in [6.45, 7) is 13.6. The highest BCUT2D eigenvalue weighted by molar-refractivity contribution is 8.00. The van der Waals surface area contributed by atoms with E-state index in [2.05, 4.69) is 10.3 Å². The van der Waals surface area contributed by atoms with E-state index in [1.807, 2.05) is 0 Å². The second-order valence-corrected chi connectivity index (χ2v) is 10.7. The lowest BCUT2D eigenvalue weighted by Gasteiger charge is -2.31. The molecule has 0 aliphatic carbocycles. The van der Waals surface area contributed by atoms with Gasteiger partial charge in [0.25, 0.3) is 0 Å². The standard InChI is InChI=1S/C20H30N2O7S/c1-18(2,3)28-16(25)22-14(15(23)24)20(7,8)30-13-10-9-12(11-21-13)27-17(26)29-19(4,5)6/h9-11,14H,1-8H3,(H,22,25)(H,23,24)/t14-/m1/s1. The number of hydrogen-bond donors (Lipinski definition) is 2. The van der Waals surface area contributed by atoms with Gasteiger partial charge in [-0.2, -0.15) is 0 Å². The largest absolute Gasteiger partial charge is 0.514 e. The van der Waals surface area contributed by atoms with Crippen LogP contribution in [0.2, 0.25) is 0 Å². The van der Waals surface area contributed by atoms with Gasteiger partial charge in [-0.1, -0.05) is 11.8 Å². The fourth-order valence-corrected chi connectivity index (χ4v) is 3.20. The minimum absolute atomic E-state index is 0.188. The molecule has 1 atom stereocenters. The van der Waals surface area contributed by atoms with E-state index in [1.165, 1.54) is 12.3 Å². The Balaban J connectivity index is 2.83. The van der Waals surface area contributed by atoms with Gasteiger partial charge in [0.15, 0.2) is 5.75 Å². The molecule has 1 aromatic rings. The Kier molecular flexibility index (Phi) is 8.13. The first-order valence-corrected chi connectivity index (χ1v) is 10.1. The van der Waals surface area contributed by atoms with Crippen LogP contribution in [0.5, 0.6) is 5.75 Å². The molecule has 9 nitrogen and oxygen atoms in total. The first-order chi connectivity index (χ1) is 13.5. The third-order valence-electron chi connectivity index (χ3n) is 3.27. The molecule has 2 N–H and O–H groups in total. The molecule has 30 heavy (non-hydrogen) atoms. The number of carbonyl (C=O) groups is 3. The molecule has 0 unspecified atom stereocenters. The second kappa shape index (κ2) is 9.55. The highest BCUT2D eigenvalue weighted by Crippen LogP contribution is 2.35. The topological polar surface area (TPSA) is 124 Å². The lowest BCUT2D eigenvalue weighted by molar-refractivity contribution is -0.140. The summed E-state index contributed by atoms with van der Waals surface area (Å²) in [5, 5.41) is 12.5. The molecule has 0 bridgehead atoms. The van der Waals surface area contributed by atoms with E-state index in [4.69, 9.17) is 14.2 Å². The molecule has 10 heteroatoms. The summed E-state index contributed by atoms with van der Waals surface area (Å²) in [7, 11) is 0. The van der Waals surface area contributed by atoms with Crippen LogP contribution in [0.3, 0.4) is 0 Å². The van der Waals surface area contributed by atoms with Crippen molar-refractivity contribution in [1.82, 2.24) is 10.3 Å². The molecule has 0 aliphatic heterocycles. The van der Waals surface area contributed by atoms with Gasteiger partial charge in [0.1, 0.15) is 17.2 Å². The van der Waals surface area contributed by atoms with Gasteiger partial charge in [-0.05, 0) is 67.5 Å². The maximum Gasteiger partial charge on any atom is 0.514 e. The maximum atomic E-state index is 12.0. The van der Waals surface area contributed by atoms with E-state index in [0.717, 1.165) is 11.8 Å². The number of aromatic nitrogens is 1. The number of ether oxygens (including phenoxy) is 3. The van der Waals surface area contributed by atoms with Crippen LogP contribution in [0.1, 0.15) is 55.4 Å². The van der Waals surface area contributed by atoms with Crippen molar-refractivity contribution in [1.29, 1.82) is 0 Å². The first kappa shape index (κ1) is 25.5. The summed E-state index contributed by atoms with van der Waals surface area (Å²) in [6.07, 6.45) is -0.338. The molecule has 0 saturated heterocycles. The smallest absolute Gasteiger partial charge is 0.480 e. The number of amides is 1. The van der Waals surface area contributed by atoms with E-state index >= 15 is 0 Å². The van der Waals surface area contributed by atoms with Crippen LogP contribution in [0.4, 0.5) is 9.59 Å². The Labute approximate surface area is 180 Å². The van der Waals surface area contributed by atoms with Crippen molar-refractivity contribution in [2.24, 2.45) is 0 Å². The van der Waals surface area contributed by atoms with E-state index in [0.29, 0.717) is 5.03 Å². The molecule has 1 amide bonds. The average molecular weight is 443 g/mol. The maximum absolute atomic E-state index is 12.0. The summed E-state index contributed by atoms with van der Waals surface area (Å²) < 4.78 is 14.3. The molecular formula is C20H30N2O7S. The second-order valence-electron chi connectivity index (χ2n) is 9.02. The summed E-state index contributed by atoms with van der Waals surface area (Å²) in [5.74, 6) is -1.02. The van der Waals surface area contributed by atoms with Crippen molar-refractivity contribution < 1.29 is 33.7 Å². The number of carboxylic acids is 1. The zero-order valence-corrected chi connectivity index (χ0v) is 19.4. The Hall–Kier alpha value is -2.49. The normalized spacial score (nSPS) is 13.2.